The Hall–Kier alpha value is -1.35. The van der Waals surface area contributed by atoms with E-state index in [2.05, 4.69) is 0 Å². The van der Waals surface area contributed by atoms with Gasteiger partial charge in [0.2, 0.25) is 0 Å². The van der Waals surface area contributed by atoms with E-state index in [1.807, 2.05) is 18.9 Å². The zero-order chi connectivity index (χ0) is 10.6. The van der Waals surface area contributed by atoms with Gasteiger partial charge in [0, 0.05) is 5.56 Å². The van der Waals surface area contributed by atoms with Crippen LogP contribution in [0.2, 0.25) is 0 Å². The van der Waals surface area contributed by atoms with Gasteiger partial charge in [0.15, 0.2) is 5.78 Å². The lowest BCUT2D eigenvalue weighted by atomic mass is 10.1. The first-order valence-electron chi connectivity index (χ1n) is 4.64. The molecule has 0 radical (unpaired) electrons. The standard InChI is InChI=1S/C11H15NO2/c1-3-12(2)8-11(14)9-4-6-10(13)7-5-9/h4-7,13H,3,8H2,1-2H3. The van der Waals surface area contributed by atoms with Crippen molar-refractivity contribution in [3.05, 3.63) is 29.8 Å². The smallest absolute Gasteiger partial charge is 0.176 e. The number of hydrogen-bond donors (Lipinski definition) is 1. The number of Topliss-reactive ketones (excluding diaryl/α,β-unsaturated/α-hetero) is 1. The maximum atomic E-state index is 11.6. The van der Waals surface area contributed by atoms with Crippen LogP contribution in [-0.4, -0.2) is 35.9 Å². The predicted octanol–water partition coefficient (Wildman–Crippen LogP) is 1.53. The average molecular weight is 193 g/mol. The summed E-state index contributed by atoms with van der Waals surface area (Å²) in [5.74, 6) is 0.264. The SMILES string of the molecule is CCN(C)CC(=O)c1ccc(O)cc1. The number of carbonyl (C=O) groups excluding carboxylic acids is 1. The number of phenolic OH excluding ortho intramolecular Hbond substituents is 1. The van der Waals surface area contributed by atoms with Gasteiger partial charge in [0.05, 0.1) is 6.54 Å². The third-order valence-electron chi connectivity index (χ3n) is 2.14. The first-order chi connectivity index (χ1) is 6.63. The summed E-state index contributed by atoms with van der Waals surface area (Å²) in [6.07, 6.45) is 0. The summed E-state index contributed by atoms with van der Waals surface area (Å²) < 4.78 is 0. The van der Waals surface area contributed by atoms with Gasteiger partial charge in [0.1, 0.15) is 5.75 Å². The zero-order valence-corrected chi connectivity index (χ0v) is 8.53. The molecular formula is C11H15NO2. The Morgan fingerprint density at radius 1 is 1.36 bits per heavy atom. The molecule has 0 amide bonds. The Labute approximate surface area is 84.0 Å². The van der Waals surface area contributed by atoms with Crippen LogP contribution >= 0.6 is 0 Å². The van der Waals surface area contributed by atoms with Crippen LogP contribution in [0.15, 0.2) is 24.3 Å². The molecule has 1 rings (SSSR count). The van der Waals surface area contributed by atoms with E-state index in [1.54, 1.807) is 12.1 Å². The van der Waals surface area contributed by atoms with Gasteiger partial charge in [-0.3, -0.25) is 9.69 Å². The number of likely N-dealkylation sites (N-methyl/N-ethyl adjacent to an activating group) is 1. The van der Waals surface area contributed by atoms with Crippen LogP contribution in [0.3, 0.4) is 0 Å². The lowest BCUT2D eigenvalue weighted by Crippen LogP contribution is -2.25. The molecule has 3 heteroatoms. The summed E-state index contributed by atoms with van der Waals surface area (Å²) in [5, 5.41) is 9.04. The van der Waals surface area contributed by atoms with Crippen molar-refractivity contribution < 1.29 is 9.90 Å². The van der Waals surface area contributed by atoms with Crippen LogP contribution in [0.5, 0.6) is 5.75 Å². The second-order valence-electron chi connectivity index (χ2n) is 3.30. The van der Waals surface area contributed by atoms with E-state index in [0.29, 0.717) is 12.1 Å². The Balaban J connectivity index is 2.65. The van der Waals surface area contributed by atoms with Gasteiger partial charge >= 0.3 is 0 Å². The van der Waals surface area contributed by atoms with Gasteiger partial charge in [-0.2, -0.15) is 0 Å². The molecular weight excluding hydrogens is 178 g/mol. The normalized spacial score (nSPS) is 10.5. The largest absolute Gasteiger partial charge is 0.508 e. The number of aromatic hydroxyl groups is 1. The van der Waals surface area contributed by atoms with Crippen LogP contribution < -0.4 is 0 Å². The van der Waals surface area contributed by atoms with Crippen LogP contribution in [0.25, 0.3) is 0 Å². The lowest BCUT2D eigenvalue weighted by Gasteiger charge is -2.12. The lowest BCUT2D eigenvalue weighted by molar-refractivity contribution is 0.0949. The first kappa shape index (κ1) is 10.7. The van der Waals surface area contributed by atoms with Crippen LogP contribution in [0, 0.1) is 0 Å². The van der Waals surface area contributed by atoms with Crippen molar-refractivity contribution >= 4 is 5.78 Å². The highest BCUT2D eigenvalue weighted by atomic mass is 16.3. The Bertz CT molecular complexity index is 306. The van der Waals surface area contributed by atoms with Gasteiger partial charge in [0.25, 0.3) is 0 Å². The molecule has 0 fully saturated rings. The van der Waals surface area contributed by atoms with E-state index >= 15 is 0 Å². The molecule has 14 heavy (non-hydrogen) atoms. The van der Waals surface area contributed by atoms with E-state index in [0.717, 1.165) is 6.54 Å². The van der Waals surface area contributed by atoms with Crippen LogP contribution in [0.1, 0.15) is 17.3 Å². The van der Waals surface area contributed by atoms with Crippen molar-refractivity contribution in [2.24, 2.45) is 0 Å². The Kier molecular flexibility index (Phi) is 3.65. The highest BCUT2D eigenvalue weighted by Crippen LogP contribution is 2.10. The topological polar surface area (TPSA) is 40.5 Å². The van der Waals surface area contributed by atoms with Gasteiger partial charge in [-0.05, 0) is 37.9 Å². The third kappa shape index (κ3) is 2.85. The highest BCUT2D eigenvalue weighted by Gasteiger charge is 2.07. The van der Waals surface area contributed by atoms with Crippen molar-refractivity contribution in [3.63, 3.8) is 0 Å². The van der Waals surface area contributed by atoms with Crippen molar-refractivity contribution in [1.82, 2.24) is 4.90 Å². The van der Waals surface area contributed by atoms with Gasteiger partial charge < -0.3 is 5.11 Å². The number of rotatable bonds is 4. The molecule has 76 valence electrons. The predicted molar refractivity (Wildman–Crippen MR) is 55.6 cm³/mol. The molecule has 0 atom stereocenters. The summed E-state index contributed by atoms with van der Waals surface area (Å²) in [4.78, 5) is 13.5. The molecule has 0 spiro atoms. The highest BCUT2D eigenvalue weighted by molar-refractivity contribution is 5.97. The van der Waals surface area contributed by atoms with Gasteiger partial charge in [-0.25, -0.2) is 0 Å². The average Bonchev–Trinajstić information content (AvgIpc) is 2.18. The number of carbonyl (C=O) groups is 1. The molecule has 1 aromatic carbocycles. The van der Waals surface area contributed by atoms with Gasteiger partial charge in [-0.15, -0.1) is 0 Å². The van der Waals surface area contributed by atoms with E-state index in [9.17, 15) is 4.79 Å². The quantitative estimate of drug-likeness (QED) is 0.737. The molecule has 3 nitrogen and oxygen atoms in total. The summed E-state index contributed by atoms with van der Waals surface area (Å²) in [5.41, 5.74) is 0.642. The number of hydrogen-bond acceptors (Lipinski definition) is 3. The molecule has 0 unspecified atom stereocenters. The minimum Gasteiger partial charge on any atom is -0.508 e. The molecule has 1 N–H and O–H groups in total. The van der Waals surface area contributed by atoms with E-state index in [1.165, 1.54) is 12.1 Å². The minimum absolute atomic E-state index is 0.0781. The molecule has 0 aromatic heterocycles. The summed E-state index contributed by atoms with van der Waals surface area (Å²) in [6.45, 7) is 3.27. The van der Waals surface area contributed by atoms with Crippen LogP contribution in [0.4, 0.5) is 0 Å². The van der Waals surface area contributed by atoms with Crippen molar-refractivity contribution in [2.45, 2.75) is 6.92 Å². The summed E-state index contributed by atoms with van der Waals surface area (Å²) >= 11 is 0. The molecule has 0 heterocycles. The second kappa shape index (κ2) is 4.77. The second-order valence-corrected chi connectivity index (χ2v) is 3.30. The molecule has 0 saturated carbocycles. The molecule has 1 aromatic rings. The minimum atomic E-state index is 0.0781. The van der Waals surface area contributed by atoms with Gasteiger partial charge in [-0.1, -0.05) is 6.92 Å². The first-order valence-corrected chi connectivity index (χ1v) is 4.64. The van der Waals surface area contributed by atoms with E-state index in [-0.39, 0.29) is 11.5 Å². The number of nitrogens with zero attached hydrogens (tertiary/aromatic N) is 1. The number of phenols is 1. The van der Waals surface area contributed by atoms with E-state index in [4.69, 9.17) is 5.11 Å². The fraction of sp³-hybridized carbons (Fsp3) is 0.364. The number of benzene rings is 1. The zero-order valence-electron chi connectivity index (χ0n) is 8.53. The Morgan fingerprint density at radius 3 is 2.43 bits per heavy atom. The monoisotopic (exact) mass is 193 g/mol. The van der Waals surface area contributed by atoms with Crippen molar-refractivity contribution in [1.29, 1.82) is 0 Å². The van der Waals surface area contributed by atoms with Crippen molar-refractivity contribution in [2.75, 3.05) is 20.1 Å². The fourth-order valence-electron chi connectivity index (χ4n) is 1.10. The maximum Gasteiger partial charge on any atom is 0.176 e. The summed E-state index contributed by atoms with van der Waals surface area (Å²) in [7, 11) is 1.90. The molecule has 0 bridgehead atoms. The fourth-order valence-corrected chi connectivity index (χ4v) is 1.10. The maximum absolute atomic E-state index is 11.6. The summed E-state index contributed by atoms with van der Waals surface area (Å²) in [6, 6.07) is 6.33. The molecule has 0 aliphatic carbocycles. The third-order valence-corrected chi connectivity index (χ3v) is 2.14. The Morgan fingerprint density at radius 2 is 1.93 bits per heavy atom. The van der Waals surface area contributed by atoms with Crippen molar-refractivity contribution in [3.8, 4) is 5.75 Å². The number of ketones is 1. The molecule has 0 aliphatic rings. The molecule has 0 saturated heterocycles. The van der Waals surface area contributed by atoms with E-state index < -0.39 is 0 Å². The molecule has 0 aliphatic heterocycles. The van der Waals surface area contributed by atoms with Crippen LogP contribution in [-0.2, 0) is 0 Å².